The van der Waals surface area contributed by atoms with Crippen LogP contribution in [0.25, 0.3) is 0 Å². The van der Waals surface area contributed by atoms with Crippen LogP contribution in [0.15, 0.2) is 23.2 Å². The van der Waals surface area contributed by atoms with Crippen LogP contribution in [0.1, 0.15) is 30.7 Å². The Bertz CT molecular complexity index is 673. The summed E-state index contributed by atoms with van der Waals surface area (Å²) in [7, 11) is 7.06. The van der Waals surface area contributed by atoms with Crippen molar-refractivity contribution in [1.29, 1.82) is 0 Å². The highest BCUT2D eigenvalue weighted by atomic mass is 127. The maximum atomic E-state index is 5.45. The third-order valence-corrected chi connectivity index (χ3v) is 6.41. The average molecular weight is 546 g/mol. The molecular weight excluding hydrogens is 507 g/mol. The molecule has 3 rings (SSSR count). The van der Waals surface area contributed by atoms with Crippen molar-refractivity contribution < 1.29 is 14.2 Å². The molecule has 0 spiro atoms. The van der Waals surface area contributed by atoms with Gasteiger partial charge in [0.2, 0.25) is 0 Å². The lowest BCUT2D eigenvalue weighted by molar-refractivity contribution is 0.120. The minimum atomic E-state index is 0. The topological polar surface area (TPSA) is 58.6 Å². The number of rotatable bonds is 8. The Labute approximate surface area is 204 Å². The predicted molar refractivity (Wildman–Crippen MR) is 136 cm³/mol. The lowest BCUT2D eigenvalue weighted by atomic mass is 9.97. The second-order valence-corrected chi connectivity index (χ2v) is 8.28. The first-order chi connectivity index (χ1) is 14.7. The largest absolute Gasteiger partial charge is 0.497 e. The van der Waals surface area contributed by atoms with Crippen LogP contribution in [0.3, 0.4) is 0 Å². The number of likely N-dealkylation sites (tertiary alicyclic amines) is 2. The Morgan fingerprint density at radius 3 is 2.29 bits per heavy atom. The molecule has 0 bridgehead atoms. The van der Waals surface area contributed by atoms with Crippen LogP contribution in [0.2, 0.25) is 0 Å². The van der Waals surface area contributed by atoms with Gasteiger partial charge in [0.15, 0.2) is 5.96 Å². The molecule has 2 fully saturated rings. The molecule has 1 N–H and O–H groups in total. The highest BCUT2D eigenvalue weighted by Gasteiger charge is 2.27. The van der Waals surface area contributed by atoms with Crippen molar-refractivity contribution in [2.24, 2.45) is 10.9 Å². The van der Waals surface area contributed by atoms with Gasteiger partial charge >= 0.3 is 0 Å². The predicted octanol–water partition coefficient (Wildman–Crippen LogP) is 3.04. The molecule has 31 heavy (non-hydrogen) atoms. The fourth-order valence-corrected chi connectivity index (χ4v) is 4.49. The van der Waals surface area contributed by atoms with E-state index in [0.717, 1.165) is 69.8 Å². The van der Waals surface area contributed by atoms with Crippen molar-refractivity contribution >= 4 is 29.9 Å². The van der Waals surface area contributed by atoms with Gasteiger partial charge in [0, 0.05) is 52.3 Å². The van der Waals surface area contributed by atoms with Crippen molar-refractivity contribution in [2.75, 3.05) is 74.3 Å². The van der Waals surface area contributed by atoms with E-state index in [1.807, 2.05) is 13.1 Å². The number of hydrogen-bond acceptors (Lipinski definition) is 5. The third-order valence-electron chi connectivity index (χ3n) is 6.41. The normalized spacial score (nSPS) is 20.5. The van der Waals surface area contributed by atoms with Crippen LogP contribution >= 0.6 is 24.0 Å². The molecule has 7 nitrogen and oxygen atoms in total. The van der Waals surface area contributed by atoms with Crippen LogP contribution in [0.5, 0.6) is 11.5 Å². The molecule has 0 saturated carbocycles. The summed E-state index contributed by atoms with van der Waals surface area (Å²) in [5, 5.41) is 3.64. The van der Waals surface area contributed by atoms with Crippen LogP contribution in [0.4, 0.5) is 0 Å². The van der Waals surface area contributed by atoms with Gasteiger partial charge in [-0.25, -0.2) is 0 Å². The molecule has 1 aromatic carbocycles. The number of halogens is 1. The smallest absolute Gasteiger partial charge is 0.193 e. The zero-order valence-electron chi connectivity index (χ0n) is 19.4. The van der Waals surface area contributed by atoms with Crippen molar-refractivity contribution in [3.8, 4) is 11.5 Å². The summed E-state index contributed by atoms with van der Waals surface area (Å²) in [6.45, 7) is 7.17. The van der Waals surface area contributed by atoms with Crippen LogP contribution in [-0.2, 0) is 4.74 Å². The summed E-state index contributed by atoms with van der Waals surface area (Å²) < 4.78 is 16.1. The average Bonchev–Trinajstić information content (AvgIpc) is 3.28. The van der Waals surface area contributed by atoms with Crippen molar-refractivity contribution in [3.05, 3.63) is 23.8 Å². The number of nitrogens with one attached hydrogen (secondary N) is 1. The fraction of sp³-hybridized carbons (Fsp3) is 0.696. The molecule has 2 aliphatic rings. The van der Waals surface area contributed by atoms with E-state index in [9.17, 15) is 0 Å². The number of benzene rings is 1. The quantitative estimate of drug-likeness (QED) is 0.308. The number of methoxy groups -OCH3 is 3. The minimum absolute atomic E-state index is 0. The summed E-state index contributed by atoms with van der Waals surface area (Å²) >= 11 is 0. The molecule has 2 heterocycles. The van der Waals surface area contributed by atoms with Crippen LogP contribution < -0.4 is 14.8 Å². The molecule has 1 unspecified atom stereocenters. The maximum Gasteiger partial charge on any atom is 0.193 e. The zero-order valence-corrected chi connectivity index (χ0v) is 21.8. The Morgan fingerprint density at radius 2 is 1.71 bits per heavy atom. The molecule has 0 radical (unpaired) electrons. The molecule has 176 valence electrons. The highest BCUT2D eigenvalue weighted by molar-refractivity contribution is 14.0. The van der Waals surface area contributed by atoms with E-state index in [1.54, 1.807) is 21.3 Å². The first-order valence-electron chi connectivity index (χ1n) is 11.1. The van der Waals surface area contributed by atoms with Gasteiger partial charge in [-0.2, -0.15) is 0 Å². The number of ether oxygens (including phenoxy) is 3. The van der Waals surface area contributed by atoms with Gasteiger partial charge in [-0.05, 0) is 56.0 Å². The maximum absolute atomic E-state index is 5.45. The molecule has 2 aliphatic heterocycles. The monoisotopic (exact) mass is 546 g/mol. The molecule has 0 aliphatic carbocycles. The summed E-state index contributed by atoms with van der Waals surface area (Å²) in [4.78, 5) is 9.44. The number of hydrogen-bond donors (Lipinski definition) is 1. The van der Waals surface area contributed by atoms with Crippen molar-refractivity contribution in [1.82, 2.24) is 15.1 Å². The fourth-order valence-electron chi connectivity index (χ4n) is 4.49. The molecule has 2 saturated heterocycles. The lowest BCUT2D eigenvalue weighted by Gasteiger charge is -2.32. The molecular formula is C23H39IN4O3. The first kappa shape index (κ1) is 26.0. The lowest BCUT2D eigenvalue weighted by Crippen LogP contribution is -2.44. The van der Waals surface area contributed by atoms with Gasteiger partial charge < -0.3 is 29.3 Å². The van der Waals surface area contributed by atoms with Crippen molar-refractivity contribution in [3.63, 3.8) is 0 Å². The molecule has 8 heteroatoms. The second-order valence-electron chi connectivity index (χ2n) is 8.28. The van der Waals surface area contributed by atoms with E-state index in [2.05, 4.69) is 32.2 Å². The zero-order chi connectivity index (χ0) is 21.3. The van der Waals surface area contributed by atoms with Crippen LogP contribution in [0, 0.1) is 5.92 Å². The first-order valence-corrected chi connectivity index (χ1v) is 11.1. The van der Waals surface area contributed by atoms with E-state index >= 15 is 0 Å². The van der Waals surface area contributed by atoms with E-state index in [-0.39, 0.29) is 24.0 Å². The number of piperidine rings is 1. The Hall–Kier alpha value is -1.26. The van der Waals surface area contributed by atoms with E-state index in [4.69, 9.17) is 14.2 Å². The Morgan fingerprint density at radius 1 is 1.03 bits per heavy atom. The van der Waals surface area contributed by atoms with Crippen LogP contribution in [-0.4, -0.2) is 90.0 Å². The van der Waals surface area contributed by atoms with Crippen molar-refractivity contribution in [2.45, 2.75) is 25.2 Å². The second kappa shape index (κ2) is 13.3. The summed E-state index contributed by atoms with van der Waals surface area (Å²) in [5.41, 5.74) is 1.27. The van der Waals surface area contributed by atoms with Gasteiger partial charge in [0.05, 0.1) is 20.8 Å². The summed E-state index contributed by atoms with van der Waals surface area (Å²) in [6.07, 6.45) is 3.58. The third kappa shape index (κ3) is 7.39. The Kier molecular flexibility index (Phi) is 11.2. The number of guanidine groups is 1. The molecule has 1 aromatic rings. The summed E-state index contributed by atoms with van der Waals surface area (Å²) in [5.74, 6) is 3.89. The highest BCUT2D eigenvalue weighted by Crippen LogP contribution is 2.33. The molecule has 0 amide bonds. The van der Waals surface area contributed by atoms with Gasteiger partial charge in [-0.1, -0.05) is 0 Å². The SMILES string of the molecule is CN=C(NCC1CCN(CCOC)CC1)N1CCC(c2cc(OC)cc(OC)c2)C1.I. The van der Waals surface area contributed by atoms with Gasteiger partial charge in [0.1, 0.15) is 11.5 Å². The number of aliphatic imine (C=N–C) groups is 1. The Balaban J connectivity index is 0.00000341. The molecule has 0 aromatic heterocycles. The number of nitrogens with zero attached hydrogens (tertiary/aromatic N) is 3. The van der Waals surface area contributed by atoms with Gasteiger partial charge in [-0.15, -0.1) is 24.0 Å². The van der Waals surface area contributed by atoms with Gasteiger partial charge in [-0.3, -0.25) is 4.99 Å². The van der Waals surface area contributed by atoms with Gasteiger partial charge in [0.25, 0.3) is 0 Å². The minimum Gasteiger partial charge on any atom is -0.497 e. The van der Waals surface area contributed by atoms with E-state index < -0.39 is 0 Å². The summed E-state index contributed by atoms with van der Waals surface area (Å²) in [6, 6.07) is 6.19. The molecule has 1 atom stereocenters. The van der Waals surface area contributed by atoms with E-state index in [1.165, 1.54) is 18.4 Å². The van der Waals surface area contributed by atoms with E-state index in [0.29, 0.717) is 11.8 Å². The standard InChI is InChI=1S/C23H38N4O3.HI/c1-24-23(25-16-18-5-8-26(9-6-18)11-12-28-2)27-10-7-19(17-27)20-13-21(29-3)15-22(14-20)30-4;/h13-15,18-19H,5-12,16-17H2,1-4H3,(H,24,25);1H.